The van der Waals surface area contributed by atoms with Crippen LogP contribution in [-0.2, 0) is 16.0 Å². The van der Waals surface area contributed by atoms with Gasteiger partial charge in [-0.2, -0.15) is 0 Å². The number of carboxylic acids is 1. The number of ether oxygens (including phenoxy) is 2. The van der Waals surface area contributed by atoms with E-state index in [4.69, 9.17) is 14.0 Å². The summed E-state index contributed by atoms with van der Waals surface area (Å²) in [5.74, 6) is -0.929. The van der Waals surface area contributed by atoms with E-state index in [0.717, 1.165) is 11.1 Å². The molecule has 10 nitrogen and oxygen atoms in total. The maximum absolute atomic E-state index is 12.8. The van der Waals surface area contributed by atoms with Gasteiger partial charge in [0.1, 0.15) is 17.9 Å². The molecule has 3 N–H and O–H groups in total. The number of nitrogens with one attached hydrogen (secondary N) is 2. The molecule has 1 heterocycles. The predicted octanol–water partition coefficient (Wildman–Crippen LogP) is 5.39. The molecule has 0 saturated heterocycles. The molecule has 0 aliphatic carbocycles. The second kappa shape index (κ2) is 12.6. The summed E-state index contributed by atoms with van der Waals surface area (Å²) in [6.45, 7) is 3.48. The summed E-state index contributed by atoms with van der Waals surface area (Å²) in [4.78, 5) is 37.2. The number of carboxylic acid groups (broad SMARTS) is 1. The van der Waals surface area contributed by atoms with Crippen molar-refractivity contribution in [1.29, 1.82) is 0 Å². The largest absolute Gasteiger partial charge is 0.497 e. The first-order chi connectivity index (χ1) is 19.2. The summed E-state index contributed by atoms with van der Waals surface area (Å²) in [5, 5.41) is 18.8. The Labute approximate surface area is 230 Å². The maximum atomic E-state index is 12.8. The molecule has 4 rings (SSSR count). The second-order valence-electron chi connectivity index (χ2n) is 9.05. The van der Waals surface area contributed by atoms with Crippen LogP contribution in [0, 0.1) is 6.92 Å². The molecule has 1 aromatic heterocycles. The van der Waals surface area contributed by atoms with Crippen LogP contribution < -0.4 is 15.4 Å². The highest BCUT2D eigenvalue weighted by molar-refractivity contribution is 5.97. The molecule has 0 radical (unpaired) electrons. The van der Waals surface area contributed by atoms with Crippen LogP contribution in [0.5, 0.6) is 5.75 Å². The van der Waals surface area contributed by atoms with Crippen molar-refractivity contribution < 1.29 is 33.5 Å². The molecule has 2 atom stereocenters. The van der Waals surface area contributed by atoms with E-state index in [0.29, 0.717) is 22.6 Å². The van der Waals surface area contributed by atoms with E-state index in [-0.39, 0.29) is 17.9 Å². The van der Waals surface area contributed by atoms with Crippen LogP contribution in [0.2, 0.25) is 0 Å². The Hall–Kier alpha value is -5.12. The van der Waals surface area contributed by atoms with Gasteiger partial charge in [-0.15, -0.1) is 0 Å². The number of aliphatic carboxylic acids is 1. The number of hydrogen-bond donors (Lipinski definition) is 3. The van der Waals surface area contributed by atoms with Gasteiger partial charge in [0.25, 0.3) is 5.91 Å². The topological polar surface area (TPSA) is 140 Å². The molecular weight excluding hydrogens is 514 g/mol. The summed E-state index contributed by atoms with van der Waals surface area (Å²) < 4.78 is 15.9. The highest BCUT2D eigenvalue weighted by Crippen LogP contribution is 2.32. The van der Waals surface area contributed by atoms with Gasteiger partial charge in [0, 0.05) is 12.0 Å². The number of carbonyl (C=O) groups excluding carboxylic acids is 2. The smallest absolute Gasteiger partial charge is 0.414 e. The van der Waals surface area contributed by atoms with Gasteiger partial charge in [0.2, 0.25) is 5.88 Å². The summed E-state index contributed by atoms with van der Waals surface area (Å²) >= 11 is 0. The van der Waals surface area contributed by atoms with Crippen molar-refractivity contribution in [3.05, 3.63) is 101 Å². The molecule has 40 heavy (non-hydrogen) atoms. The van der Waals surface area contributed by atoms with Gasteiger partial charge in [-0.3, -0.25) is 10.1 Å². The van der Waals surface area contributed by atoms with Crippen molar-refractivity contribution in [2.75, 3.05) is 12.4 Å². The van der Waals surface area contributed by atoms with Gasteiger partial charge in [0.15, 0.2) is 0 Å². The predicted molar refractivity (Wildman–Crippen MR) is 147 cm³/mol. The molecule has 206 valence electrons. The van der Waals surface area contributed by atoms with E-state index in [9.17, 15) is 19.5 Å². The number of anilines is 1. The fourth-order valence-electron chi connectivity index (χ4n) is 4.10. The number of nitrogens with zero attached hydrogens (tertiary/aromatic N) is 1. The van der Waals surface area contributed by atoms with Gasteiger partial charge < -0.3 is 24.4 Å². The van der Waals surface area contributed by atoms with Gasteiger partial charge in [-0.05, 0) is 54.8 Å². The number of rotatable bonds is 10. The Morgan fingerprint density at radius 2 is 1.65 bits per heavy atom. The molecule has 2 amide bonds. The molecule has 0 bridgehead atoms. The molecule has 0 aliphatic rings. The molecule has 2 unspecified atom stereocenters. The zero-order valence-corrected chi connectivity index (χ0v) is 22.2. The first-order valence-corrected chi connectivity index (χ1v) is 12.5. The fraction of sp³-hybridized carbons (Fsp3) is 0.200. The van der Waals surface area contributed by atoms with Gasteiger partial charge in [-0.1, -0.05) is 59.8 Å². The van der Waals surface area contributed by atoms with Crippen LogP contribution in [0.25, 0.3) is 11.1 Å². The Morgan fingerprint density at radius 3 is 2.27 bits per heavy atom. The second-order valence-corrected chi connectivity index (χ2v) is 9.05. The number of aromatic nitrogens is 1. The molecule has 10 heteroatoms. The van der Waals surface area contributed by atoms with Crippen molar-refractivity contribution in [3.63, 3.8) is 0 Å². The van der Waals surface area contributed by atoms with E-state index in [1.165, 1.54) is 0 Å². The number of benzene rings is 3. The Balaban J connectivity index is 1.42. The molecule has 4 aromatic rings. The maximum Gasteiger partial charge on any atom is 0.414 e. The van der Waals surface area contributed by atoms with Crippen molar-refractivity contribution >= 4 is 23.9 Å². The third-order valence-corrected chi connectivity index (χ3v) is 6.27. The first-order valence-electron chi connectivity index (χ1n) is 12.5. The number of carbonyl (C=O) groups is 3. The van der Waals surface area contributed by atoms with Crippen LogP contribution in [0.15, 0.2) is 83.4 Å². The summed E-state index contributed by atoms with van der Waals surface area (Å²) in [6.07, 6.45) is -1.08. The Bertz CT molecular complexity index is 1470. The quantitative estimate of drug-likeness (QED) is 0.242. The minimum Gasteiger partial charge on any atom is -0.497 e. The minimum absolute atomic E-state index is 0.102. The van der Waals surface area contributed by atoms with E-state index >= 15 is 0 Å². The molecular formula is C30H29N3O7. The highest BCUT2D eigenvalue weighted by atomic mass is 16.6. The van der Waals surface area contributed by atoms with Gasteiger partial charge in [0.05, 0.1) is 18.4 Å². The lowest BCUT2D eigenvalue weighted by molar-refractivity contribution is -0.139. The molecule has 3 aromatic carbocycles. The first kappa shape index (κ1) is 27.9. The third-order valence-electron chi connectivity index (χ3n) is 6.27. The van der Waals surface area contributed by atoms with E-state index in [1.54, 1.807) is 69.5 Å². The monoisotopic (exact) mass is 543 g/mol. The Morgan fingerprint density at radius 1 is 0.975 bits per heavy atom. The lowest BCUT2D eigenvalue weighted by Gasteiger charge is -2.15. The van der Waals surface area contributed by atoms with E-state index in [2.05, 4.69) is 15.8 Å². The summed E-state index contributed by atoms with van der Waals surface area (Å²) in [5.41, 5.74) is 3.53. The minimum atomic E-state index is -1.15. The Kier molecular flexibility index (Phi) is 8.80. The van der Waals surface area contributed by atoms with Gasteiger partial charge >= 0.3 is 12.1 Å². The number of methoxy groups -OCH3 is 1. The van der Waals surface area contributed by atoms with Crippen molar-refractivity contribution in [2.24, 2.45) is 0 Å². The normalized spacial score (nSPS) is 12.2. The zero-order valence-electron chi connectivity index (χ0n) is 22.2. The molecule has 0 fully saturated rings. The average Bonchev–Trinajstić information content (AvgIpc) is 3.32. The van der Waals surface area contributed by atoms with Crippen LogP contribution in [0.3, 0.4) is 0 Å². The van der Waals surface area contributed by atoms with Gasteiger partial charge in [-0.25, -0.2) is 9.59 Å². The standard InChI is InChI=1S/C30H29N3O7/c1-18-26(28(40-33-18)32-30(37)39-19(2)21-7-5-4-6-8-21)22-11-13-23(14-12-22)27(34)31-25(29(35)36)17-20-9-15-24(38-3)16-10-20/h4-16,19,25H,17H2,1-3H3,(H,31,34)(H,32,37)(H,35,36). The van der Waals surface area contributed by atoms with Crippen LogP contribution >= 0.6 is 0 Å². The summed E-state index contributed by atoms with van der Waals surface area (Å²) in [6, 6.07) is 21.6. The fourth-order valence-corrected chi connectivity index (χ4v) is 4.10. The van der Waals surface area contributed by atoms with Crippen LogP contribution in [0.4, 0.5) is 10.7 Å². The van der Waals surface area contributed by atoms with E-state index in [1.807, 2.05) is 30.3 Å². The van der Waals surface area contributed by atoms with Crippen molar-refractivity contribution in [2.45, 2.75) is 32.4 Å². The summed E-state index contributed by atoms with van der Waals surface area (Å²) in [7, 11) is 1.55. The van der Waals surface area contributed by atoms with Crippen molar-refractivity contribution in [1.82, 2.24) is 10.5 Å². The number of aryl methyl sites for hydroxylation is 1. The van der Waals surface area contributed by atoms with E-state index < -0.39 is 30.1 Å². The number of hydrogen-bond acceptors (Lipinski definition) is 7. The highest BCUT2D eigenvalue weighted by Gasteiger charge is 2.23. The van der Waals surface area contributed by atoms with Crippen LogP contribution in [0.1, 0.15) is 40.2 Å². The molecule has 0 aliphatic heterocycles. The lowest BCUT2D eigenvalue weighted by atomic mass is 10.0. The lowest BCUT2D eigenvalue weighted by Crippen LogP contribution is -2.42. The zero-order chi connectivity index (χ0) is 28.6. The third kappa shape index (κ3) is 6.84. The van der Waals surface area contributed by atoms with Crippen molar-refractivity contribution in [3.8, 4) is 16.9 Å². The molecule has 0 saturated carbocycles. The number of amides is 2. The SMILES string of the molecule is COc1ccc(CC(NC(=O)c2ccc(-c3c(C)noc3NC(=O)OC(C)c3ccccc3)cc2)C(=O)O)cc1. The van der Waals surface area contributed by atoms with Crippen LogP contribution in [-0.4, -0.2) is 41.4 Å². The average molecular weight is 544 g/mol. The molecule has 0 spiro atoms.